The first-order valence-corrected chi connectivity index (χ1v) is 44.0. The van der Waals surface area contributed by atoms with Crippen LogP contribution in [0.25, 0.3) is 10.9 Å². The van der Waals surface area contributed by atoms with E-state index in [-0.39, 0.29) is 89.6 Å². The molecule has 40 nitrogen and oxygen atoms in total. The minimum absolute atomic E-state index is 0.118. The molecular weight excluding hydrogens is 1720 g/mol. The van der Waals surface area contributed by atoms with Gasteiger partial charge < -0.3 is 128 Å². The number of carbonyl (C=O) groups is 16. The number of aliphatic hydroxyl groups is 3. The molecule has 2 saturated heterocycles. The number of carboxylic acids is 2. The summed E-state index contributed by atoms with van der Waals surface area (Å²) in [7, 11) is 1.68. The van der Waals surface area contributed by atoms with Crippen LogP contribution in [0.15, 0.2) is 121 Å². The minimum atomic E-state index is -5.08. The van der Waals surface area contributed by atoms with Crippen LogP contribution in [-0.2, 0) is 102 Å². The number of halogens is 3. The van der Waals surface area contributed by atoms with Crippen LogP contribution in [0.1, 0.15) is 106 Å². The molecule has 700 valence electrons. The van der Waals surface area contributed by atoms with Crippen molar-refractivity contribution < 1.29 is 115 Å². The van der Waals surface area contributed by atoms with Gasteiger partial charge in [0.15, 0.2) is 0 Å². The smallest absolute Gasteiger partial charge is 0.480 e. The van der Waals surface area contributed by atoms with Gasteiger partial charge in [0.05, 0.1) is 31.8 Å². The first-order chi connectivity index (χ1) is 61.1. The van der Waals surface area contributed by atoms with E-state index >= 15 is 14.4 Å². The highest BCUT2D eigenvalue weighted by Gasteiger charge is 2.41. The Labute approximate surface area is 742 Å². The molecule has 0 spiro atoms. The zero-order valence-electron chi connectivity index (χ0n) is 70.2. The number of hydrogen-bond donors (Lipinski definition) is 24. The van der Waals surface area contributed by atoms with Gasteiger partial charge in [0, 0.05) is 54.3 Å². The summed E-state index contributed by atoms with van der Waals surface area (Å²) in [6.07, 6.45) is -5.16. The molecule has 45 heteroatoms. The fraction of sp³-hybridized carbons (Fsp3) is 0.494. The van der Waals surface area contributed by atoms with Crippen LogP contribution in [-0.4, -0.2) is 273 Å². The standard InChI is InChI=1S/C81H113N19O19S2.C2HF3O2/c1-46(103)67-80(117)95-59(38-49-24-9-4-10-25-49)73(110)96-62(42-101)76(113)97-63(43-102)77(114)99-65(79(116)90-56(81(118)119)30-15-18-34-84)45-121-120-44-64(98-68(105)53-31-19-35-86-53)78(115)89-54(28-13-16-32-82)69(106)94-61(40-66(85)104)75(112)92-57(36-47-20-5-2-6-21-47)71(108)91-58(37-48-22-7-3-8-23-48)72(109)93-60(39-50-41-87-52-27-12-11-26-51(50)52)74(111)88-55(70(107)100-67)29-14-17-33-83;3-2(4,5)1(6)7/h2-12,20-27,41,46,53-65,67,86-87,101-103H,13-19,28-40,42-45,82-84H2,1H3,(H2,85,104)(H,88,111)(H,89,115)(H,90,116)(H,91,108)(H,92,112)(H,93,109)(H,94,106)(H,95,117)(H,96,110)(H,97,113)(H,98,105)(H,99,114)(H,100,107)(H,118,119);(H,6,7)/t46-,53+,54+,55+,56+,57+,58+,59+,60+,61+,62+,63+,64+,65+,67+;/m1./s1. The second kappa shape index (κ2) is 54.4. The predicted molar refractivity (Wildman–Crippen MR) is 463 cm³/mol. The molecule has 0 radical (unpaired) electrons. The van der Waals surface area contributed by atoms with Crippen molar-refractivity contribution in [3.63, 3.8) is 0 Å². The zero-order valence-corrected chi connectivity index (χ0v) is 71.8. The number of carbonyl (C=O) groups excluding carboxylic acids is 14. The third-order valence-electron chi connectivity index (χ3n) is 20.4. The number of amides is 14. The van der Waals surface area contributed by atoms with E-state index in [1.165, 1.54) is 0 Å². The van der Waals surface area contributed by atoms with E-state index in [1.807, 2.05) is 0 Å². The molecule has 28 N–H and O–H groups in total. The van der Waals surface area contributed by atoms with Gasteiger partial charge in [-0.1, -0.05) is 131 Å². The van der Waals surface area contributed by atoms with Gasteiger partial charge in [-0.3, -0.25) is 67.1 Å². The topological polar surface area (TPSA) is 663 Å². The van der Waals surface area contributed by atoms with Crippen LogP contribution in [0.3, 0.4) is 0 Å². The molecule has 15 atom stereocenters. The fourth-order valence-electron chi connectivity index (χ4n) is 13.4. The Bertz CT molecular complexity index is 4530. The molecule has 128 heavy (non-hydrogen) atoms. The number of nitrogens with two attached hydrogens (primary N) is 4. The van der Waals surface area contributed by atoms with Crippen LogP contribution in [0.2, 0.25) is 0 Å². The molecule has 1 aromatic heterocycles. The maximum atomic E-state index is 15.4. The van der Waals surface area contributed by atoms with Gasteiger partial charge in [0.25, 0.3) is 0 Å². The van der Waals surface area contributed by atoms with Gasteiger partial charge in [-0.25, -0.2) is 9.59 Å². The maximum Gasteiger partial charge on any atom is 0.490 e. The Morgan fingerprint density at radius 1 is 0.477 bits per heavy atom. The number of benzene rings is 4. The summed E-state index contributed by atoms with van der Waals surface area (Å²) in [6.45, 7) is -0.341. The van der Waals surface area contributed by atoms with Gasteiger partial charge in [-0.15, -0.1) is 0 Å². The number of unbranched alkanes of at least 4 members (excludes halogenated alkanes) is 3. The Balaban J connectivity index is 0.00000346. The molecular formula is C83H114F3N19O21S2. The highest BCUT2D eigenvalue weighted by molar-refractivity contribution is 8.76. The number of carboxylic acid groups (broad SMARTS) is 2. The van der Waals surface area contributed by atoms with E-state index in [2.05, 4.69) is 79.4 Å². The highest BCUT2D eigenvalue weighted by Crippen LogP contribution is 2.25. The fourth-order valence-corrected chi connectivity index (χ4v) is 15.7. The van der Waals surface area contributed by atoms with Crippen LogP contribution in [0, 0.1) is 0 Å². The summed E-state index contributed by atoms with van der Waals surface area (Å²) in [5.74, 6) is -19.9. The Hall–Kier alpha value is -11.9. The monoisotopic (exact) mass is 1830 g/mol. The average molecular weight is 1840 g/mol. The average Bonchev–Trinajstić information content (AvgIpc) is 1.68. The number of rotatable bonds is 30. The number of aliphatic carboxylic acids is 2. The Morgan fingerprint density at radius 2 is 0.875 bits per heavy atom. The second-order valence-corrected chi connectivity index (χ2v) is 32.9. The number of aliphatic hydroxyl groups excluding tert-OH is 3. The van der Waals surface area contributed by atoms with Crippen molar-refractivity contribution in [3.05, 3.63) is 144 Å². The number of hydrogen-bond acceptors (Lipinski definition) is 25. The van der Waals surface area contributed by atoms with Crippen molar-refractivity contribution in [3.8, 4) is 0 Å². The molecule has 2 fully saturated rings. The summed E-state index contributed by atoms with van der Waals surface area (Å²) in [5, 5.41) is 87.0. The van der Waals surface area contributed by atoms with Gasteiger partial charge >= 0.3 is 18.1 Å². The van der Waals surface area contributed by atoms with E-state index < -0.39 is 217 Å². The molecule has 14 amide bonds. The van der Waals surface area contributed by atoms with E-state index in [0.29, 0.717) is 71.8 Å². The summed E-state index contributed by atoms with van der Waals surface area (Å²) in [6, 6.07) is 8.82. The van der Waals surface area contributed by atoms with Crippen LogP contribution in [0.4, 0.5) is 13.2 Å². The molecule has 0 bridgehead atoms. The zero-order chi connectivity index (χ0) is 94.0. The first-order valence-electron chi connectivity index (χ1n) is 41.5. The van der Waals surface area contributed by atoms with Crippen LogP contribution in [0.5, 0.6) is 0 Å². The Morgan fingerprint density at radius 3 is 1.33 bits per heavy atom. The summed E-state index contributed by atoms with van der Waals surface area (Å²) in [5.41, 5.74) is 25.8. The third kappa shape index (κ3) is 35.4. The van der Waals surface area contributed by atoms with Crippen molar-refractivity contribution in [1.82, 2.24) is 79.4 Å². The third-order valence-corrected chi connectivity index (χ3v) is 22.8. The van der Waals surface area contributed by atoms with Gasteiger partial charge in [-0.05, 0) is 132 Å². The normalized spacial score (nSPS) is 23.5. The highest BCUT2D eigenvalue weighted by atomic mass is 33.1. The van der Waals surface area contributed by atoms with E-state index in [0.717, 1.165) is 28.5 Å². The molecule has 5 aromatic rings. The van der Waals surface area contributed by atoms with Gasteiger partial charge in [0.2, 0.25) is 82.7 Å². The molecule has 7 rings (SSSR count). The summed E-state index contributed by atoms with van der Waals surface area (Å²) >= 11 is 0. The molecule has 4 aromatic carbocycles. The number of H-pyrrole nitrogens is 1. The Kier molecular flexibility index (Phi) is 44.6. The van der Waals surface area contributed by atoms with E-state index in [1.54, 1.807) is 121 Å². The number of primary amides is 1. The molecule has 0 saturated carbocycles. The number of aromatic nitrogens is 1. The number of alkyl halides is 3. The van der Waals surface area contributed by atoms with Crippen molar-refractivity contribution in [1.29, 1.82) is 0 Å². The molecule has 2 aliphatic rings. The number of nitrogens with one attached hydrogen (secondary N) is 15. The molecule has 0 unspecified atom stereocenters. The van der Waals surface area contributed by atoms with Crippen LogP contribution >= 0.6 is 21.6 Å². The van der Waals surface area contributed by atoms with Crippen molar-refractivity contribution in [2.24, 2.45) is 22.9 Å². The van der Waals surface area contributed by atoms with Gasteiger partial charge in [-0.2, -0.15) is 13.2 Å². The van der Waals surface area contributed by atoms with Crippen LogP contribution < -0.4 is 97.4 Å². The predicted octanol–water partition coefficient (Wildman–Crippen LogP) is -3.77. The van der Waals surface area contributed by atoms with Crippen molar-refractivity contribution in [2.75, 3.05) is 50.9 Å². The first kappa shape index (κ1) is 105. The lowest BCUT2D eigenvalue weighted by Gasteiger charge is -2.29. The summed E-state index contributed by atoms with van der Waals surface area (Å²) in [4.78, 5) is 229. The molecule has 0 aliphatic carbocycles. The lowest BCUT2D eigenvalue weighted by molar-refractivity contribution is -0.192. The minimum Gasteiger partial charge on any atom is -0.480 e. The van der Waals surface area contributed by atoms with Crippen molar-refractivity contribution >= 4 is 127 Å². The van der Waals surface area contributed by atoms with E-state index in [4.69, 9.17) is 32.8 Å². The number of aromatic amines is 1. The quantitative estimate of drug-likeness (QED) is 0.0155. The SMILES string of the molecule is C[C@@H](O)[C@@H]1NC(=O)[C@H](CCCCN)NC(=O)[C@H](Cc2c[nH]c3ccccc23)NC(=O)[C@H](Cc2ccccc2)NC(=O)[C@H](Cc2ccccc2)NC(=O)[C@H](CC(N)=O)NC(=O)[C@H](CCCCN)NC(=O)[C@@H](NC(=O)[C@@H]2CCCN2)CSSC[C@@H](C(=O)N[C@@H](CCCCN)C(=O)O)NC(=O)[C@H](CO)NC(=O)[C@H](CO)NC(=O)[C@H](Cc2ccccc2)NC1=O.O=C(O)C(F)(F)F. The maximum absolute atomic E-state index is 15.4. The van der Waals surface area contributed by atoms with Crippen molar-refractivity contribution in [2.45, 2.75) is 207 Å². The lowest BCUT2D eigenvalue weighted by Crippen LogP contribution is -2.63. The number of fused-ring (bicyclic) bond motifs is 1. The molecule has 3 heterocycles. The largest absolute Gasteiger partial charge is 0.490 e. The van der Waals surface area contributed by atoms with Gasteiger partial charge in [0.1, 0.15) is 78.5 Å². The molecule has 2 aliphatic heterocycles. The lowest BCUT2D eigenvalue weighted by atomic mass is 10.00. The summed E-state index contributed by atoms with van der Waals surface area (Å²) < 4.78 is 31.7. The second-order valence-electron chi connectivity index (χ2n) is 30.3. The van der Waals surface area contributed by atoms with E-state index in [9.17, 15) is 91.1 Å². The number of para-hydroxylation sites is 1.